The van der Waals surface area contributed by atoms with E-state index in [1.54, 1.807) is 6.20 Å². The van der Waals surface area contributed by atoms with E-state index in [1.165, 1.54) is 5.56 Å². The molecular weight excluding hydrogens is 224 g/mol. The highest BCUT2D eigenvalue weighted by atomic mass is 16.3. The van der Waals surface area contributed by atoms with E-state index in [2.05, 4.69) is 35.9 Å². The number of hydrogen-bond donors (Lipinski definition) is 1. The number of para-hydroxylation sites is 1. The van der Waals surface area contributed by atoms with Crippen LogP contribution in [0, 0.1) is 6.92 Å². The molecule has 2 aromatic rings. The van der Waals surface area contributed by atoms with Crippen LogP contribution in [0.25, 0.3) is 0 Å². The van der Waals surface area contributed by atoms with Crippen LogP contribution < -0.4 is 4.90 Å². The van der Waals surface area contributed by atoms with Gasteiger partial charge in [0.25, 0.3) is 0 Å². The second kappa shape index (κ2) is 5.65. The van der Waals surface area contributed by atoms with Crippen molar-refractivity contribution in [2.75, 3.05) is 11.4 Å². The van der Waals surface area contributed by atoms with Crippen molar-refractivity contribution in [3.63, 3.8) is 0 Å². The number of aliphatic hydroxyl groups excluding tert-OH is 1. The minimum absolute atomic E-state index is 0.0280. The summed E-state index contributed by atoms with van der Waals surface area (Å²) in [6.45, 7) is 5.05. The number of aryl methyl sites for hydroxylation is 1. The Morgan fingerprint density at radius 2 is 1.94 bits per heavy atom. The third-order valence-electron chi connectivity index (χ3n) is 3.07. The third-order valence-corrected chi connectivity index (χ3v) is 3.07. The van der Waals surface area contributed by atoms with Gasteiger partial charge in [0.1, 0.15) is 0 Å². The molecule has 3 heteroatoms. The van der Waals surface area contributed by atoms with E-state index in [-0.39, 0.29) is 6.61 Å². The van der Waals surface area contributed by atoms with Gasteiger partial charge in [0.05, 0.1) is 18.5 Å². The van der Waals surface area contributed by atoms with E-state index in [9.17, 15) is 5.11 Å². The molecule has 94 valence electrons. The zero-order valence-corrected chi connectivity index (χ0v) is 10.8. The Balaban J connectivity index is 2.49. The summed E-state index contributed by atoms with van der Waals surface area (Å²) in [5, 5.41) is 9.42. The first-order valence-corrected chi connectivity index (χ1v) is 6.14. The summed E-state index contributed by atoms with van der Waals surface area (Å²) < 4.78 is 0. The van der Waals surface area contributed by atoms with Crippen molar-refractivity contribution in [3.05, 3.63) is 53.9 Å². The highest BCUT2D eigenvalue weighted by Gasteiger charge is 2.12. The van der Waals surface area contributed by atoms with Crippen LogP contribution in [0.4, 0.5) is 11.4 Å². The number of aliphatic hydroxyl groups is 1. The van der Waals surface area contributed by atoms with E-state index in [1.807, 2.05) is 24.4 Å². The summed E-state index contributed by atoms with van der Waals surface area (Å²) in [7, 11) is 0. The molecule has 3 nitrogen and oxygen atoms in total. The lowest BCUT2D eigenvalue weighted by molar-refractivity contribution is 0.282. The van der Waals surface area contributed by atoms with E-state index >= 15 is 0 Å². The van der Waals surface area contributed by atoms with Gasteiger partial charge in [-0.15, -0.1) is 0 Å². The molecule has 0 saturated heterocycles. The first kappa shape index (κ1) is 12.6. The fourth-order valence-electron chi connectivity index (χ4n) is 2.13. The summed E-state index contributed by atoms with van der Waals surface area (Å²) in [5.41, 5.74) is 4.24. The fraction of sp³-hybridized carbons (Fsp3) is 0.267. The Labute approximate surface area is 108 Å². The average Bonchev–Trinajstić information content (AvgIpc) is 2.42. The summed E-state index contributed by atoms with van der Waals surface area (Å²) in [6.07, 6.45) is 3.52. The molecule has 0 amide bonds. The molecule has 0 spiro atoms. The topological polar surface area (TPSA) is 36.4 Å². The van der Waals surface area contributed by atoms with Gasteiger partial charge in [0, 0.05) is 24.0 Å². The smallest absolute Gasteiger partial charge is 0.0703 e. The molecule has 0 saturated carbocycles. The molecule has 1 aromatic heterocycles. The molecule has 0 atom stereocenters. The molecule has 1 N–H and O–H groups in total. The summed E-state index contributed by atoms with van der Waals surface area (Å²) in [6, 6.07) is 10.1. The normalized spacial score (nSPS) is 10.4. The van der Waals surface area contributed by atoms with Crippen molar-refractivity contribution in [2.24, 2.45) is 0 Å². The molecule has 0 fully saturated rings. The van der Waals surface area contributed by atoms with Gasteiger partial charge in [-0.25, -0.2) is 0 Å². The van der Waals surface area contributed by atoms with Crippen LogP contribution in [0.15, 0.2) is 42.7 Å². The number of benzene rings is 1. The number of anilines is 2. The van der Waals surface area contributed by atoms with Gasteiger partial charge in [-0.2, -0.15) is 0 Å². The number of aromatic nitrogens is 1. The summed E-state index contributed by atoms with van der Waals surface area (Å²) >= 11 is 0. The lowest BCUT2D eigenvalue weighted by Gasteiger charge is -2.26. The molecule has 2 rings (SSSR count). The average molecular weight is 242 g/mol. The molecule has 18 heavy (non-hydrogen) atoms. The minimum Gasteiger partial charge on any atom is -0.392 e. The lowest BCUT2D eigenvalue weighted by atomic mass is 10.1. The summed E-state index contributed by atoms with van der Waals surface area (Å²) in [4.78, 5) is 6.34. The lowest BCUT2D eigenvalue weighted by Crippen LogP contribution is -2.19. The Morgan fingerprint density at radius 3 is 2.61 bits per heavy atom. The van der Waals surface area contributed by atoms with Crippen LogP contribution in [0.2, 0.25) is 0 Å². The molecule has 0 bridgehead atoms. The predicted molar refractivity (Wildman–Crippen MR) is 74.0 cm³/mol. The monoisotopic (exact) mass is 242 g/mol. The minimum atomic E-state index is 0.0280. The molecule has 0 aliphatic rings. The van der Waals surface area contributed by atoms with Crippen molar-refractivity contribution >= 4 is 11.4 Å². The Kier molecular flexibility index (Phi) is 3.95. The Bertz CT molecular complexity index is 525. The van der Waals surface area contributed by atoms with Gasteiger partial charge in [0.15, 0.2) is 0 Å². The number of pyridine rings is 1. The zero-order valence-electron chi connectivity index (χ0n) is 10.8. The SMILES string of the molecule is CCN(c1ccccc1C)c1cnccc1CO. The van der Waals surface area contributed by atoms with Gasteiger partial charge in [-0.05, 0) is 31.5 Å². The first-order chi connectivity index (χ1) is 8.77. The molecule has 0 aliphatic heterocycles. The van der Waals surface area contributed by atoms with Crippen molar-refractivity contribution < 1.29 is 5.11 Å². The van der Waals surface area contributed by atoms with Gasteiger partial charge < -0.3 is 10.0 Å². The van der Waals surface area contributed by atoms with Crippen molar-refractivity contribution in [3.8, 4) is 0 Å². The maximum atomic E-state index is 9.42. The van der Waals surface area contributed by atoms with Crippen LogP contribution >= 0.6 is 0 Å². The van der Waals surface area contributed by atoms with Gasteiger partial charge in [-0.3, -0.25) is 4.98 Å². The molecule has 1 aromatic carbocycles. The van der Waals surface area contributed by atoms with Crippen LogP contribution in [-0.2, 0) is 6.61 Å². The molecular formula is C15H18N2O. The van der Waals surface area contributed by atoms with Crippen molar-refractivity contribution in [1.29, 1.82) is 0 Å². The molecule has 1 heterocycles. The molecule has 0 radical (unpaired) electrons. The van der Waals surface area contributed by atoms with Crippen molar-refractivity contribution in [2.45, 2.75) is 20.5 Å². The maximum Gasteiger partial charge on any atom is 0.0703 e. The van der Waals surface area contributed by atoms with E-state index in [4.69, 9.17) is 0 Å². The Morgan fingerprint density at radius 1 is 1.17 bits per heavy atom. The fourth-order valence-corrected chi connectivity index (χ4v) is 2.13. The third kappa shape index (κ3) is 2.36. The molecule has 0 aliphatic carbocycles. The van der Waals surface area contributed by atoms with Gasteiger partial charge >= 0.3 is 0 Å². The summed E-state index contributed by atoms with van der Waals surface area (Å²) in [5.74, 6) is 0. The zero-order chi connectivity index (χ0) is 13.0. The van der Waals surface area contributed by atoms with Gasteiger partial charge in [-0.1, -0.05) is 18.2 Å². The Hall–Kier alpha value is -1.87. The second-order valence-corrected chi connectivity index (χ2v) is 4.19. The van der Waals surface area contributed by atoms with Gasteiger partial charge in [0.2, 0.25) is 0 Å². The number of rotatable bonds is 4. The predicted octanol–water partition coefficient (Wildman–Crippen LogP) is 3.04. The highest BCUT2D eigenvalue weighted by molar-refractivity contribution is 5.68. The van der Waals surface area contributed by atoms with Crippen molar-refractivity contribution in [1.82, 2.24) is 4.98 Å². The van der Waals surface area contributed by atoms with E-state index < -0.39 is 0 Å². The number of nitrogens with zero attached hydrogens (tertiary/aromatic N) is 2. The quantitative estimate of drug-likeness (QED) is 0.895. The van der Waals surface area contributed by atoms with Crippen LogP contribution in [0.1, 0.15) is 18.1 Å². The first-order valence-electron chi connectivity index (χ1n) is 6.14. The highest BCUT2D eigenvalue weighted by Crippen LogP contribution is 2.29. The number of hydrogen-bond acceptors (Lipinski definition) is 3. The van der Waals surface area contributed by atoms with E-state index in [0.717, 1.165) is 23.5 Å². The molecule has 0 unspecified atom stereocenters. The van der Waals surface area contributed by atoms with Crippen LogP contribution in [0.3, 0.4) is 0 Å². The van der Waals surface area contributed by atoms with Crippen LogP contribution in [-0.4, -0.2) is 16.6 Å². The maximum absolute atomic E-state index is 9.42. The second-order valence-electron chi connectivity index (χ2n) is 4.19. The van der Waals surface area contributed by atoms with Crippen LogP contribution in [0.5, 0.6) is 0 Å². The standard InChI is InChI=1S/C15H18N2O/c1-3-17(14-7-5-4-6-12(14)2)15-10-16-9-8-13(15)11-18/h4-10,18H,3,11H2,1-2H3. The largest absolute Gasteiger partial charge is 0.392 e. The van der Waals surface area contributed by atoms with E-state index in [0.29, 0.717) is 0 Å².